The molecule has 2 aliphatic rings. The molecule has 27 heavy (non-hydrogen) atoms. The van der Waals surface area contributed by atoms with Gasteiger partial charge in [0, 0.05) is 50.0 Å². The molecule has 0 saturated carbocycles. The Labute approximate surface area is 160 Å². The molecule has 0 spiro atoms. The predicted octanol–water partition coefficient (Wildman–Crippen LogP) is 0.571. The Bertz CT molecular complexity index is 735. The van der Waals surface area contributed by atoms with Crippen molar-refractivity contribution < 1.29 is 9.59 Å². The molecule has 0 aliphatic carbocycles. The number of amides is 2. The second-order valence-electron chi connectivity index (χ2n) is 8.04. The number of aromatic nitrogens is 2. The van der Waals surface area contributed by atoms with E-state index in [0.29, 0.717) is 19.0 Å². The van der Waals surface area contributed by atoms with Crippen molar-refractivity contribution in [3.63, 3.8) is 0 Å². The standard InChI is InChI=1S/C19H30N6O2/c1-12(2)9-23-7-8-25(11-16(23)26)19(27)17-21-14(4)13(3)18(22-17)24-6-5-15(20)10-24/h12,15H,5-11,20H2,1-4H3/t15-/m1/s1. The highest BCUT2D eigenvalue weighted by atomic mass is 16.2. The number of aryl methyl sites for hydroxylation is 1. The van der Waals surface area contributed by atoms with Crippen molar-refractivity contribution in [1.82, 2.24) is 19.8 Å². The van der Waals surface area contributed by atoms with Crippen LogP contribution in [-0.4, -0.2) is 76.9 Å². The first kappa shape index (κ1) is 19.5. The van der Waals surface area contributed by atoms with Gasteiger partial charge in [-0.3, -0.25) is 9.59 Å². The summed E-state index contributed by atoms with van der Waals surface area (Å²) in [5.74, 6) is 1.06. The van der Waals surface area contributed by atoms with Crippen LogP contribution in [0.15, 0.2) is 0 Å². The second kappa shape index (κ2) is 7.80. The van der Waals surface area contributed by atoms with Gasteiger partial charge in [-0.05, 0) is 26.2 Å². The van der Waals surface area contributed by atoms with Crippen molar-refractivity contribution in [2.45, 2.75) is 40.2 Å². The summed E-state index contributed by atoms with van der Waals surface area (Å²) in [5.41, 5.74) is 7.78. The Hall–Kier alpha value is -2.22. The van der Waals surface area contributed by atoms with Crippen molar-refractivity contribution in [2.24, 2.45) is 11.7 Å². The smallest absolute Gasteiger partial charge is 0.292 e. The molecule has 2 N–H and O–H groups in total. The Morgan fingerprint density at radius 2 is 1.96 bits per heavy atom. The average Bonchev–Trinajstić information content (AvgIpc) is 3.04. The molecule has 0 bridgehead atoms. The molecule has 3 heterocycles. The molecule has 1 aromatic heterocycles. The monoisotopic (exact) mass is 374 g/mol. The van der Waals surface area contributed by atoms with E-state index >= 15 is 0 Å². The van der Waals surface area contributed by atoms with Gasteiger partial charge in [0.2, 0.25) is 11.7 Å². The van der Waals surface area contributed by atoms with Crippen molar-refractivity contribution in [3.05, 3.63) is 17.1 Å². The third-order valence-electron chi connectivity index (χ3n) is 5.27. The van der Waals surface area contributed by atoms with Crippen molar-refractivity contribution in [1.29, 1.82) is 0 Å². The molecule has 8 nitrogen and oxygen atoms in total. The molecular formula is C19H30N6O2. The fourth-order valence-corrected chi connectivity index (χ4v) is 3.65. The number of rotatable bonds is 4. The fraction of sp³-hybridized carbons (Fsp3) is 0.684. The predicted molar refractivity (Wildman–Crippen MR) is 104 cm³/mol. The molecule has 0 radical (unpaired) electrons. The fourth-order valence-electron chi connectivity index (χ4n) is 3.65. The molecule has 2 amide bonds. The lowest BCUT2D eigenvalue weighted by Crippen LogP contribution is -2.53. The van der Waals surface area contributed by atoms with Crippen LogP contribution in [0, 0.1) is 19.8 Å². The van der Waals surface area contributed by atoms with Gasteiger partial charge in [-0.15, -0.1) is 0 Å². The summed E-state index contributed by atoms with van der Waals surface area (Å²) in [4.78, 5) is 39.8. The van der Waals surface area contributed by atoms with E-state index in [-0.39, 0.29) is 30.2 Å². The van der Waals surface area contributed by atoms with Gasteiger partial charge < -0.3 is 20.4 Å². The van der Waals surface area contributed by atoms with E-state index in [2.05, 4.69) is 28.7 Å². The molecule has 2 aliphatic heterocycles. The topological polar surface area (TPSA) is 95.7 Å². The van der Waals surface area contributed by atoms with E-state index in [0.717, 1.165) is 43.1 Å². The second-order valence-corrected chi connectivity index (χ2v) is 8.04. The highest BCUT2D eigenvalue weighted by Crippen LogP contribution is 2.24. The minimum absolute atomic E-state index is 0.0159. The summed E-state index contributed by atoms with van der Waals surface area (Å²) in [7, 11) is 0. The van der Waals surface area contributed by atoms with Gasteiger partial charge in [-0.2, -0.15) is 0 Å². The molecule has 2 saturated heterocycles. The largest absolute Gasteiger partial charge is 0.355 e. The van der Waals surface area contributed by atoms with Crippen LogP contribution in [0.25, 0.3) is 0 Å². The maximum atomic E-state index is 13.0. The first-order chi connectivity index (χ1) is 12.8. The Morgan fingerprint density at radius 3 is 2.56 bits per heavy atom. The van der Waals surface area contributed by atoms with E-state index in [1.54, 1.807) is 4.90 Å². The van der Waals surface area contributed by atoms with E-state index < -0.39 is 0 Å². The number of nitrogens with two attached hydrogens (primary N) is 1. The minimum Gasteiger partial charge on any atom is -0.355 e. The van der Waals surface area contributed by atoms with Crippen LogP contribution in [0.2, 0.25) is 0 Å². The highest BCUT2D eigenvalue weighted by molar-refractivity contribution is 5.94. The van der Waals surface area contributed by atoms with Crippen molar-refractivity contribution >= 4 is 17.6 Å². The summed E-state index contributed by atoms with van der Waals surface area (Å²) < 4.78 is 0. The summed E-state index contributed by atoms with van der Waals surface area (Å²) in [6, 6.07) is 0.130. The zero-order valence-corrected chi connectivity index (χ0v) is 16.7. The molecule has 0 aromatic carbocycles. The number of hydrogen-bond acceptors (Lipinski definition) is 6. The SMILES string of the molecule is Cc1nc(C(=O)N2CCN(CC(C)C)C(=O)C2)nc(N2CC[C@@H](N)C2)c1C. The number of nitrogens with zero attached hydrogens (tertiary/aromatic N) is 5. The maximum absolute atomic E-state index is 13.0. The summed E-state index contributed by atoms with van der Waals surface area (Å²) >= 11 is 0. The van der Waals surface area contributed by atoms with Crippen LogP contribution in [0.5, 0.6) is 0 Å². The molecule has 148 valence electrons. The molecule has 0 unspecified atom stereocenters. The van der Waals surface area contributed by atoms with Gasteiger partial charge in [-0.1, -0.05) is 13.8 Å². The van der Waals surface area contributed by atoms with Gasteiger partial charge in [0.05, 0.1) is 0 Å². The molecule has 1 aromatic rings. The van der Waals surface area contributed by atoms with Crippen LogP contribution in [0.1, 0.15) is 42.1 Å². The minimum atomic E-state index is -0.277. The van der Waals surface area contributed by atoms with E-state index in [1.807, 2.05) is 18.7 Å². The van der Waals surface area contributed by atoms with Gasteiger partial charge in [-0.25, -0.2) is 9.97 Å². The van der Waals surface area contributed by atoms with E-state index in [9.17, 15) is 9.59 Å². The number of piperazine rings is 1. The highest BCUT2D eigenvalue weighted by Gasteiger charge is 2.31. The Kier molecular flexibility index (Phi) is 5.64. The zero-order chi connectivity index (χ0) is 19.7. The van der Waals surface area contributed by atoms with Crippen LogP contribution in [-0.2, 0) is 4.79 Å². The average molecular weight is 374 g/mol. The van der Waals surface area contributed by atoms with Crippen LogP contribution in [0.4, 0.5) is 5.82 Å². The first-order valence-corrected chi connectivity index (χ1v) is 9.69. The molecule has 1 atom stereocenters. The van der Waals surface area contributed by atoms with Crippen molar-refractivity contribution in [2.75, 3.05) is 44.2 Å². The van der Waals surface area contributed by atoms with E-state index in [1.165, 1.54) is 0 Å². The van der Waals surface area contributed by atoms with Crippen LogP contribution < -0.4 is 10.6 Å². The summed E-state index contributed by atoms with van der Waals surface area (Å²) in [6.45, 7) is 11.5. The Balaban J connectivity index is 1.77. The number of carbonyl (C=O) groups excluding carboxylic acids is 2. The molecule has 8 heteroatoms. The molecule has 3 rings (SSSR count). The zero-order valence-electron chi connectivity index (χ0n) is 16.7. The number of hydrogen-bond donors (Lipinski definition) is 1. The first-order valence-electron chi connectivity index (χ1n) is 9.69. The van der Waals surface area contributed by atoms with E-state index in [4.69, 9.17) is 5.73 Å². The third kappa shape index (κ3) is 4.21. The maximum Gasteiger partial charge on any atom is 0.292 e. The van der Waals surface area contributed by atoms with Crippen LogP contribution in [0.3, 0.4) is 0 Å². The lowest BCUT2D eigenvalue weighted by molar-refractivity contribution is -0.135. The van der Waals surface area contributed by atoms with Gasteiger partial charge >= 0.3 is 0 Å². The third-order valence-corrected chi connectivity index (χ3v) is 5.27. The van der Waals surface area contributed by atoms with Gasteiger partial charge in [0.25, 0.3) is 5.91 Å². The van der Waals surface area contributed by atoms with Gasteiger partial charge in [0.15, 0.2) is 0 Å². The Morgan fingerprint density at radius 1 is 1.22 bits per heavy atom. The molecular weight excluding hydrogens is 344 g/mol. The molecule has 2 fully saturated rings. The van der Waals surface area contributed by atoms with Crippen molar-refractivity contribution in [3.8, 4) is 0 Å². The number of anilines is 1. The van der Waals surface area contributed by atoms with Crippen LogP contribution >= 0.6 is 0 Å². The summed E-state index contributed by atoms with van der Waals surface area (Å²) in [6.07, 6.45) is 0.915. The quantitative estimate of drug-likeness (QED) is 0.828. The number of carbonyl (C=O) groups is 2. The lowest BCUT2D eigenvalue weighted by Gasteiger charge is -2.35. The summed E-state index contributed by atoms with van der Waals surface area (Å²) in [5, 5.41) is 0. The normalized spacial score (nSPS) is 20.7. The lowest BCUT2D eigenvalue weighted by atomic mass is 10.2. The van der Waals surface area contributed by atoms with Gasteiger partial charge in [0.1, 0.15) is 12.4 Å².